The van der Waals surface area contributed by atoms with Crippen LogP contribution in [0.15, 0.2) is 12.3 Å². The van der Waals surface area contributed by atoms with Crippen LogP contribution in [0.5, 0.6) is 0 Å². The Morgan fingerprint density at radius 3 is 2.88 bits per heavy atom. The Balaban J connectivity index is 2.26. The fourth-order valence-corrected chi connectivity index (χ4v) is 2.17. The predicted octanol–water partition coefficient (Wildman–Crippen LogP) is 1.83. The van der Waals surface area contributed by atoms with Crippen molar-refractivity contribution in [3.8, 4) is 0 Å². The Morgan fingerprint density at radius 1 is 1.50 bits per heavy atom. The molecule has 0 bridgehead atoms. The largest absolute Gasteiger partial charge is 0.331 e. The third-order valence-corrected chi connectivity index (χ3v) is 3.49. The fraction of sp³-hybridized carbons (Fsp3) is 0.417. The van der Waals surface area contributed by atoms with E-state index in [1.54, 1.807) is 0 Å². The number of carbonyl (C=O) groups is 1. The van der Waals surface area contributed by atoms with Gasteiger partial charge in [-0.2, -0.15) is 0 Å². The van der Waals surface area contributed by atoms with E-state index in [1.165, 1.54) is 24.7 Å². The highest BCUT2D eigenvalue weighted by atomic mass is 16.1. The summed E-state index contributed by atoms with van der Waals surface area (Å²) in [6.07, 6.45) is 4.70. The number of aldehydes is 1. The third kappa shape index (κ3) is 1.19. The van der Waals surface area contributed by atoms with Crippen molar-refractivity contribution in [2.24, 2.45) is 7.05 Å². The maximum atomic E-state index is 10.7. The average Bonchev–Trinajstić information content (AvgIpc) is 2.95. The summed E-state index contributed by atoms with van der Waals surface area (Å²) < 4.78 is 2.06. The highest BCUT2D eigenvalue weighted by Crippen LogP contribution is 2.48. The minimum Gasteiger partial charge on any atom is -0.331 e. The maximum absolute atomic E-state index is 10.7. The SMILES string of the molecule is Cn1c(C2(C)CC2)cc2ncc(C=O)nc21. The first kappa shape index (κ1) is 9.51. The van der Waals surface area contributed by atoms with Crippen LogP contribution in [0.2, 0.25) is 0 Å². The molecule has 1 aliphatic carbocycles. The summed E-state index contributed by atoms with van der Waals surface area (Å²) in [5, 5.41) is 0. The molecular weight excluding hydrogens is 202 g/mol. The highest BCUT2D eigenvalue weighted by Gasteiger charge is 2.41. The molecule has 0 amide bonds. The number of aryl methyl sites for hydroxylation is 1. The molecule has 0 atom stereocenters. The highest BCUT2D eigenvalue weighted by molar-refractivity contribution is 5.79. The van der Waals surface area contributed by atoms with E-state index in [9.17, 15) is 4.79 Å². The molecule has 82 valence electrons. The Kier molecular flexibility index (Phi) is 1.73. The lowest BCUT2D eigenvalue weighted by Gasteiger charge is -2.09. The van der Waals surface area contributed by atoms with Gasteiger partial charge >= 0.3 is 0 Å². The van der Waals surface area contributed by atoms with E-state index in [0.29, 0.717) is 11.1 Å². The molecule has 2 aromatic heterocycles. The molecule has 0 aliphatic heterocycles. The zero-order chi connectivity index (χ0) is 11.3. The van der Waals surface area contributed by atoms with E-state index in [0.717, 1.165) is 17.5 Å². The molecular formula is C12H13N3O. The zero-order valence-electron chi connectivity index (χ0n) is 9.40. The molecule has 0 aromatic carbocycles. The van der Waals surface area contributed by atoms with Crippen molar-refractivity contribution in [2.75, 3.05) is 0 Å². The number of carbonyl (C=O) groups excluding carboxylic acids is 1. The van der Waals surface area contributed by atoms with Gasteiger partial charge in [-0.1, -0.05) is 6.92 Å². The van der Waals surface area contributed by atoms with Crippen molar-refractivity contribution in [1.29, 1.82) is 0 Å². The molecule has 1 fully saturated rings. The van der Waals surface area contributed by atoms with E-state index in [2.05, 4.69) is 27.5 Å². The molecule has 0 spiro atoms. The van der Waals surface area contributed by atoms with Gasteiger partial charge in [0.05, 0.1) is 6.20 Å². The first-order valence-corrected chi connectivity index (χ1v) is 5.42. The van der Waals surface area contributed by atoms with Crippen molar-refractivity contribution in [1.82, 2.24) is 14.5 Å². The van der Waals surface area contributed by atoms with Gasteiger partial charge in [0.2, 0.25) is 0 Å². The van der Waals surface area contributed by atoms with E-state index >= 15 is 0 Å². The molecule has 16 heavy (non-hydrogen) atoms. The van der Waals surface area contributed by atoms with Gasteiger partial charge in [0, 0.05) is 18.2 Å². The van der Waals surface area contributed by atoms with Crippen molar-refractivity contribution < 1.29 is 4.79 Å². The van der Waals surface area contributed by atoms with Crippen LogP contribution in [0.25, 0.3) is 11.2 Å². The third-order valence-electron chi connectivity index (χ3n) is 3.49. The number of hydrogen-bond donors (Lipinski definition) is 0. The fourth-order valence-electron chi connectivity index (χ4n) is 2.17. The summed E-state index contributed by atoms with van der Waals surface area (Å²) in [5.41, 5.74) is 3.62. The van der Waals surface area contributed by atoms with Gasteiger partial charge in [-0.05, 0) is 18.9 Å². The van der Waals surface area contributed by atoms with Crippen LogP contribution in [0.4, 0.5) is 0 Å². The number of fused-ring (bicyclic) bond motifs is 1. The minimum atomic E-state index is 0.290. The second kappa shape index (κ2) is 2.90. The van der Waals surface area contributed by atoms with Crippen molar-refractivity contribution in [2.45, 2.75) is 25.2 Å². The lowest BCUT2D eigenvalue weighted by atomic mass is 10.1. The summed E-state index contributed by atoms with van der Waals surface area (Å²) in [6, 6.07) is 2.09. The lowest BCUT2D eigenvalue weighted by molar-refractivity contribution is 0.111. The molecule has 0 N–H and O–H groups in total. The molecule has 0 saturated heterocycles. The van der Waals surface area contributed by atoms with Gasteiger partial charge in [-0.15, -0.1) is 0 Å². The second-order valence-corrected chi connectivity index (χ2v) is 4.77. The van der Waals surface area contributed by atoms with Crippen LogP contribution in [0, 0.1) is 0 Å². The Bertz CT molecular complexity index is 581. The summed E-state index contributed by atoms with van der Waals surface area (Å²) in [7, 11) is 1.99. The van der Waals surface area contributed by atoms with Crippen molar-refractivity contribution in [3.05, 3.63) is 23.7 Å². The lowest BCUT2D eigenvalue weighted by Crippen LogP contribution is -2.07. The van der Waals surface area contributed by atoms with E-state index < -0.39 is 0 Å². The second-order valence-electron chi connectivity index (χ2n) is 4.77. The molecule has 1 saturated carbocycles. The summed E-state index contributed by atoms with van der Waals surface area (Å²) in [6.45, 7) is 2.25. The number of rotatable bonds is 2. The van der Waals surface area contributed by atoms with Gasteiger partial charge in [-0.25, -0.2) is 4.98 Å². The molecule has 4 heteroatoms. The molecule has 0 unspecified atom stereocenters. The van der Waals surface area contributed by atoms with Crippen LogP contribution in [-0.4, -0.2) is 20.8 Å². The standard InChI is InChI=1S/C12H13N3O/c1-12(3-4-12)10-5-9-11(15(10)2)14-8(7-16)6-13-9/h5-7H,3-4H2,1-2H3. The smallest absolute Gasteiger partial charge is 0.170 e. The normalized spacial score (nSPS) is 17.6. The quantitative estimate of drug-likeness (QED) is 0.718. The topological polar surface area (TPSA) is 47.8 Å². The first-order valence-electron chi connectivity index (χ1n) is 5.42. The van der Waals surface area contributed by atoms with Gasteiger partial charge in [-0.3, -0.25) is 9.78 Å². The van der Waals surface area contributed by atoms with E-state index in [-0.39, 0.29) is 0 Å². The molecule has 4 nitrogen and oxygen atoms in total. The van der Waals surface area contributed by atoms with Crippen LogP contribution < -0.4 is 0 Å². The number of hydrogen-bond acceptors (Lipinski definition) is 3. The molecule has 3 rings (SSSR count). The monoisotopic (exact) mass is 215 g/mol. The zero-order valence-corrected chi connectivity index (χ0v) is 9.40. The summed E-state index contributed by atoms with van der Waals surface area (Å²) in [5.74, 6) is 0. The average molecular weight is 215 g/mol. The molecule has 2 heterocycles. The van der Waals surface area contributed by atoms with Crippen LogP contribution in [-0.2, 0) is 12.5 Å². The summed E-state index contributed by atoms with van der Waals surface area (Å²) >= 11 is 0. The van der Waals surface area contributed by atoms with Gasteiger partial charge < -0.3 is 4.57 Å². The minimum absolute atomic E-state index is 0.290. The first-order chi connectivity index (χ1) is 7.64. The summed E-state index contributed by atoms with van der Waals surface area (Å²) in [4.78, 5) is 19.2. The van der Waals surface area contributed by atoms with Gasteiger partial charge in [0.1, 0.15) is 11.2 Å². The van der Waals surface area contributed by atoms with Gasteiger partial charge in [0.15, 0.2) is 11.9 Å². The van der Waals surface area contributed by atoms with Crippen LogP contribution in [0.3, 0.4) is 0 Å². The molecule has 0 radical (unpaired) electrons. The molecule has 1 aliphatic rings. The van der Waals surface area contributed by atoms with E-state index in [4.69, 9.17) is 0 Å². The van der Waals surface area contributed by atoms with Crippen LogP contribution in [0.1, 0.15) is 35.9 Å². The van der Waals surface area contributed by atoms with Crippen LogP contribution >= 0.6 is 0 Å². The molecule has 2 aromatic rings. The maximum Gasteiger partial charge on any atom is 0.170 e. The van der Waals surface area contributed by atoms with E-state index in [1.807, 2.05) is 7.05 Å². The Labute approximate surface area is 93.3 Å². The predicted molar refractivity (Wildman–Crippen MR) is 60.5 cm³/mol. The Morgan fingerprint density at radius 2 is 2.25 bits per heavy atom. The Hall–Kier alpha value is -1.71. The van der Waals surface area contributed by atoms with Gasteiger partial charge in [0.25, 0.3) is 0 Å². The number of nitrogens with zero attached hydrogens (tertiary/aromatic N) is 3. The van der Waals surface area contributed by atoms with Crippen molar-refractivity contribution >= 4 is 17.5 Å². The number of aromatic nitrogens is 3. The van der Waals surface area contributed by atoms with Crippen molar-refractivity contribution in [3.63, 3.8) is 0 Å².